The Labute approximate surface area is 80.4 Å². The summed E-state index contributed by atoms with van der Waals surface area (Å²) in [7, 11) is 2.18. The molecule has 1 saturated heterocycles. The second kappa shape index (κ2) is 3.66. The van der Waals surface area contributed by atoms with Gasteiger partial charge in [0.05, 0.1) is 0 Å². The van der Waals surface area contributed by atoms with Gasteiger partial charge >= 0.3 is 0 Å². The largest absolute Gasteiger partial charge is 0.303 e. The Morgan fingerprint density at radius 3 is 2.31 bits per heavy atom. The number of hydrogen-bond acceptors (Lipinski definition) is 3. The number of hydrogen-bond donors (Lipinski definition) is 0. The van der Waals surface area contributed by atoms with Gasteiger partial charge in [0.25, 0.3) is 0 Å². The summed E-state index contributed by atoms with van der Waals surface area (Å²) in [6.45, 7) is 6.82. The van der Waals surface area contributed by atoms with Crippen molar-refractivity contribution in [3.63, 3.8) is 0 Å². The number of likely N-dealkylation sites (N-methyl/N-ethyl adjacent to an activating group) is 1. The molecule has 0 aromatic carbocycles. The Morgan fingerprint density at radius 2 is 1.77 bits per heavy atom. The molecule has 2 aliphatic rings. The molecule has 74 valence electrons. The fourth-order valence-electron chi connectivity index (χ4n) is 1.92. The summed E-state index contributed by atoms with van der Waals surface area (Å²) in [5.41, 5.74) is 1.41. The number of piperazine rings is 1. The highest BCUT2D eigenvalue weighted by Gasteiger charge is 2.21. The predicted molar refractivity (Wildman–Crippen MR) is 54.9 cm³/mol. The van der Waals surface area contributed by atoms with Gasteiger partial charge in [-0.1, -0.05) is 6.92 Å². The van der Waals surface area contributed by atoms with Crippen molar-refractivity contribution in [1.29, 1.82) is 0 Å². The van der Waals surface area contributed by atoms with Crippen LogP contribution in [-0.4, -0.2) is 48.8 Å². The molecule has 0 unspecified atom stereocenters. The molecule has 0 atom stereocenters. The molecule has 1 aliphatic carbocycles. The molecular weight excluding hydrogens is 162 g/mol. The maximum Gasteiger partial charge on any atom is 0.0488 e. The number of rotatable bonds is 1. The van der Waals surface area contributed by atoms with Gasteiger partial charge in [-0.3, -0.25) is 5.01 Å². The highest BCUT2D eigenvalue weighted by molar-refractivity contribution is 5.89. The molecular formula is C10H19N3. The Hall–Kier alpha value is -0.570. The van der Waals surface area contributed by atoms with Crippen molar-refractivity contribution in [2.45, 2.75) is 19.8 Å². The average Bonchev–Trinajstić information content (AvgIpc) is 2.06. The van der Waals surface area contributed by atoms with Crippen LogP contribution in [0, 0.1) is 5.92 Å². The molecule has 0 amide bonds. The summed E-state index contributed by atoms with van der Waals surface area (Å²) in [5.74, 6) is 0.881. The van der Waals surface area contributed by atoms with Crippen molar-refractivity contribution in [2.75, 3.05) is 33.2 Å². The van der Waals surface area contributed by atoms with Crippen molar-refractivity contribution in [3.8, 4) is 0 Å². The maximum absolute atomic E-state index is 4.65. The molecule has 3 heteroatoms. The zero-order valence-electron chi connectivity index (χ0n) is 8.66. The highest BCUT2D eigenvalue weighted by Crippen LogP contribution is 2.23. The van der Waals surface area contributed by atoms with E-state index in [1.54, 1.807) is 0 Å². The standard InChI is InChI=1S/C10H19N3/c1-9-7-10(8-9)11-13-5-3-12(2)4-6-13/h9H,3-8H2,1-2H3. The minimum Gasteiger partial charge on any atom is -0.303 e. The number of nitrogens with zero attached hydrogens (tertiary/aromatic N) is 3. The van der Waals surface area contributed by atoms with E-state index in [2.05, 4.69) is 29.0 Å². The molecule has 3 nitrogen and oxygen atoms in total. The summed E-state index contributed by atoms with van der Waals surface area (Å²) in [5, 5.41) is 6.89. The van der Waals surface area contributed by atoms with E-state index >= 15 is 0 Å². The molecule has 13 heavy (non-hydrogen) atoms. The molecule has 1 aliphatic heterocycles. The smallest absolute Gasteiger partial charge is 0.0488 e. The van der Waals surface area contributed by atoms with Crippen LogP contribution in [0.15, 0.2) is 5.10 Å². The molecule has 0 radical (unpaired) electrons. The van der Waals surface area contributed by atoms with E-state index in [-0.39, 0.29) is 0 Å². The second-order valence-corrected chi connectivity index (χ2v) is 4.44. The maximum atomic E-state index is 4.65. The molecule has 0 bridgehead atoms. The van der Waals surface area contributed by atoms with E-state index in [0.29, 0.717) is 0 Å². The van der Waals surface area contributed by atoms with Gasteiger partial charge < -0.3 is 4.90 Å². The Morgan fingerprint density at radius 1 is 1.15 bits per heavy atom. The SMILES string of the molecule is CC1CC(=NN2CCN(C)CC2)C1. The third kappa shape index (κ3) is 2.21. The van der Waals surface area contributed by atoms with Crippen LogP contribution in [0.2, 0.25) is 0 Å². The quantitative estimate of drug-likeness (QED) is 0.601. The molecule has 1 heterocycles. The fraction of sp³-hybridized carbons (Fsp3) is 0.900. The molecule has 2 fully saturated rings. The first-order valence-corrected chi connectivity index (χ1v) is 5.24. The van der Waals surface area contributed by atoms with Crippen molar-refractivity contribution in [2.24, 2.45) is 11.0 Å². The van der Waals surface area contributed by atoms with Crippen LogP contribution in [0.25, 0.3) is 0 Å². The van der Waals surface area contributed by atoms with Crippen LogP contribution in [0.4, 0.5) is 0 Å². The number of hydrazone groups is 1. The summed E-state index contributed by atoms with van der Waals surface area (Å²) in [6, 6.07) is 0. The van der Waals surface area contributed by atoms with Crippen LogP contribution in [0.5, 0.6) is 0 Å². The first-order chi connectivity index (χ1) is 6.24. The zero-order valence-corrected chi connectivity index (χ0v) is 8.66. The van der Waals surface area contributed by atoms with Crippen LogP contribution in [-0.2, 0) is 0 Å². The van der Waals surface area contributed by atoms with Crippen LogP contribution >= 0.6 is 0 Å². The minimum absolute atomic E-state index is 0.881. The van der Waals surface area contributed by atoms with E-state index in [0.717, 1.165) is 32.1 Å². The van der Waals surface area contributed by atoms with E-state index in [9.17, 15) is 0 Å². The molecule has 2 rings (SSSR count). The van der Waals surface area contributed by atoms with Gasteiger partial charge in [-0.05, 0) is 25.8 Å². The zero-order chi connectivity index (χ0) is 9.26. The Balaban J connectivity index is 1.79. The minimum atomic E-state index is 0.881. The summed E-state index contributed by atoms with van der Waals surface area (Å²) in [6.07, 6.45) is 2.46. The molecule has 1 saturated carbocycles. The topological polar surface area (TPSA) is 18.8 Å². The average molecular weight is 181 g/mol. The highest BCUT2D eigenvalue weighted by atomic mass is 15.5. The summed E-state index contributed by atoms with van der Waals surface area (Å²) >= 11 is 0. The van der Waals surface area contributed by atoms with Crippen molar-refractivity contribution < 1.29 is 0 Å². The first-order valence-electron chi connectivity index (χ1n) is 5.24. The van der Waals surface area contributed by atoms with Gasteiger partial charge in [-0.2, -0.15) is 5.10 Å². The van der Waals surface area contributed by atoms with E-state index in [1.165, 1.54) is 18.6 Å². The van der Waals surface area contributed by atoms with Crippen LogP contribution < -0.4 is 0 Å². The van der Waals surface area contributed by atoms with Crippen molar-refractivity contribution >= 4 is 5.71 Å². The van der Waals surface area contributed by atoms with Crippen LogP contribution in [0.3, 0.4) is 0 Å². The van der Waals surface area contributed by atoms with E-state index in [4.69, 9.17) is 0 Å². The Bertz CT molecular complexity index is 196. The lowest BCUT2D eigenvalue weighted by atomic mass is 9.85. The van der Waals surface area contributed by atoms with Crippen molar-refractivity contribution in [1.82, 2.24) is 9.91 Å². The summed E-state index contributed by atoms with van der Waals surface area (Å²) < 4.78 is 0. The fourth-order valence-corrected chi connectivity index (χ4v) is 1.92. The lowest BCUT2D eigenvalue weighted by Gasteiger charge is -2.33. The predicted octanol–water partition coefficient (Wildman–Crippen LogP) is 1.02. The molecule has 0 N–H and O–H groups in total. The van der Waals surface area contributed by atoms with Gasteiger partial charge in [0, 0.05) is 31.9 Å². The lowest BCUT2D eigenvalue weighted by molar-refractivity contribution is 0.157. The molecule has 0 spiro atoms. The van der Waals surface area contributed by atoms with Crippen molar-refractivity contribution in [3.05, 3.63) is 0 Å². The van der Waals surface area contributed by atoms with Gasteiger partial charge in [0.15, 0.2) is 0 Å². The third-order valence-corrected chi connectivity index (χ3v) is 2.93. The Kier molecular flexibility index (Phi) is 2.54. The third-order valence-electron chi connectivity index (χ3n) is 2.93. The van der Waals surface area contributed by atoms with Crippen LogP contribution in [0.1, 0.15) is 19.8 Å². The van der Waals surface area contributed by atoms with Gasteiger partial charge in [-0.15, -0.1) is 0 Å². The van der Waals surface area contributed by atoms with Gasteiger partial charge in [-0.25, -0.2) is 0 Å². The molecule has 0 aromatic rings. The van der Waals surface area contributed by atoms with Gasteiger partial charge in [0.2, 0.25) is 0 Å². The molecule has 0 aromatic heterocycles. The van der Waals surface area contributed by atoms with E-state index in [1.807, 2.05) is 0 Å². The van der Waals surface area contributed by atoms with E-state index < -0.39 is 0 Å². The van der Waals surface area contributed by atoms with Gasteiger partial charge in [0.1, 0.15) is 0 Å². The normalized spacial score (nSPS) is 30.2. The monoisotopic (exact) mass is 181 g/mol. The first kappa shape index (κ1) is 9.00. The lowest BCUT2D eigenvalue weighted by Crippen LogP contribution is -2.42. The second-order valence-electron chi connectivity index (χ2n) is 4.44. The summed E-state index contributed by atoms with van der Waals surface area (Å²) in [4.78, 5) is 2.36.